The number of hydrogen-bond acceptors (Lipinski definition) is 10. The molecule has 3 heterocycles. The van der Waals surface area contributed by atoms with Crippen molar-refractivity contribution in [2.75, 3.05) is 17.7 Å². The van der Waals surface area contributed by atoms with Crippen molar-refractivity contribution in [3.05, 3.63) is 6.33 Å². The van der Waals surface area contributed by atoms with E-state index in [0.29, 0.717) is 22.1 Å². The van der Waals surface area contributed by atoms with E-state index >= 15 is 0 Å². The first kappa shape index (κ1) is 23.4. The summed E-state index contributed by atoms with van der Waals surface area (Å²) in [6.07, 6.45) is -2.64. The lowest BCUT2D eigenvalue weighted by Gasteiger charge is -2.17. The van der Waals surface area contributed by atoms with Crippen molar-refractivity contribution in [3.8, 4) is 0 Å². The minimum absolute atomic E-state index is 0.0987. The fourth-order valence-corrected chi connectivity index (χ4v) is 4.02. The molecule has 2 aromatic rings. The van der Waals surface area contributed by atoms with E-state index in [-0.39, 0.29) is 6.04 Å². The molecule has 0 aliphatic carbocycles. The number of hydrogen-bond donors (Lipinski definition) is 5. The van der Waals surface area contributed by atoms with E-state index in [1.54, 1.807) is 0 Å². The molecule has 168 valence electrons. The first-order chi connectivity index (χ1) is 14.1. The molecule has 4 atom stereocenters. The molecule has 1 fully saturated rings. The Labute approximate surface area is 177 Å². The first-order valence-corrected chi connectivity index (χ1v) is 12.0. The number of nitrogens with zero attached hydrogens (tertiary/aromatic N) is 4. The monoisotopic (exact) mass is 463 g/mol. The Kier molecular flexibility index (Phi) is 7.36. The number of imidazole rings is 1. The molecule has 2 unspecified atom stereocenters. The highest BCUT2D eigenvalue weighted by Crippen LogP contribution is 2.39. The first-order valence-electron chi connectivity index (χ1n) is 9.46. The number of aliphatic hydroxyl groups excluding tert-OH is 2. The summed E-state index contributed by atoms with van der Waals surface area (Å²) in [5.41, 5.74) is 0.879. The van der Waals surface area contributed by atoms with Crippen molar-refractivity contribution in [1.29, 1.82) is 0 Å². The third kappa shape index (κ3) is 5.29. The van der Waals surface area contributed by atoms with Gasteiger partial charge in [-0.3, -0.25) is 9.09 Å². The lowest BCUT2D eigenvalue weighted by atomic mass is 10.1. The van der Waals surface area contributed by atoms with Crippen LogP contribution in [0.25, 0.3) is 11.2 Å². The van der Waals surface area contributed by atoms with Crippen LogP contribution >= 0.6 is 19.6 Å². The summed E-state index contributed by atoms with van der Waals surface area (Å²) in [4.78, 5) is 31.2. The lowest BCUT2D eigenvalue weighted by molar-refractivity contribution is -0.0504. The van der Waals surface area contributed by atoms with Crippen LogP contribution in [0.2, 0.25) is 0 Å². The van der Waals surface area contributed by atoms with Gasteiger partial charge in [0.15, 0.2) is 28.4 Å². The molecular formula is C16H26N5O7PS. The molecule has 12 nitrogen and oxygen atoms in total. The fraction of sp³-hybridized carbons (Fsp3) is 0.688. The zero-order chi connectivity index (χ0) is 22.1. The van der Waals surface area contributed by atoms with Gasteiger partial charge in [0.25, 0.3) is 0 Å². The van der Waals surface area contributed by atoms with Crippen LogP contribution in [0, 0.1) is 0 Å². The number of thioether (sulfide) groups is 1. The highest BCUT2D eigenvalue weighted by atomic mass is 32.2. The summed E-state index contributed by atoms with van der Waals surface area (Å²) in [7, 11) is -4.74. The standard InChI is InChI=1S/C16H26N5O7PS/c1-4-5-30-16-19-13(18-8(2)3)10-14(20-16)21(7-17-10)15-12(23)11(22)9(28-15)6-27-29(24,25)26/h7-9,11-12,15,22-23H,4-6H2,1-3H3,(H,18,19,20)(H2,24,25,26)/t9-,11?,12?,15-/m1/s1. The van der Waals surface area contributed by atoms with E-state index < -0.39 is 39.0 Å². The van der Waals surface area contributed by atoms with E-state index in [9.17, 15) is 14.8 Å². The summed E-state index contributed by atoms with van der Waals surface area (Å²) in [6, 6.07) is 0.0987. The molecule has 30 heavy (non-hydrogen) atoms. The smallest absolute Gasteiger partial charge is 0.387 e. The van der Waals surface area contributed by atoms with Crippen molar-refractivity contribution in [1.82, 2.24) is 19.5 Å². The molecule has 1 saturated heterocycles. The number of phosphoric ester groups is 1. The molecule has 0 radical (unpaired) electrons. The van der Waals surface area contributed by atoms with Crippen LogP contribution in [0.15, 0.2) is 11.5 Å². The highest BCUT2D eigenvalue weighted by Gasteiger charge is 2.45. The number of aliphatic hydroxyl groups is 2. The normalized spacial score (nSPS) is 24.8. The zero-order valence-electron chi connectivity index (χ0n) is 16.7. The van der Waals surface area contributed by atoms with Crippen LogP contribution < -0.4 is 5.32 Å². The number of rotatable bonds is 9. The van der Waals surface area contributed by atoms with Crippen molar-refractivity contribution in [3.63, 3.8) is 0 Å². The third-order valence-corrected chi connectivity index (χ3v) is 5.82. The topological polar surface area (TPSA) is 172 Å². The lowest BCUT2D eigenvalue weighted by Crippen LogP contribution is -2.33. The number of fused-ring (bicyclic) bond motifs is 1. The molecule has 0 spiro atoms. The summed E-state index contributed by atoms with van der Waals surface area (Å²) in [6.45, 7) is 5.40. The summed E-state index contributed by atoms with van der Waals surface area (Å²) < 4.78 is 22.5. The zero-order valence-corrected chi connectivity index (χ0v) is 18.5. The number of anilines is 1. The average molecular weight is 463 g/mol. The SMILES string of the molecule is CCCSc1nc(NC(C)C)c2ncn([C@@H]3O[C@H](COP(=O)(O)O)C(O)C3O)c2n1. The minimum Gasteiger partial charge on any atom is -0.387 e. The second-order valence-electron chi connectivity index (χ2n) is 7.16. The van der Waals surface area contributed by atoms with Gasteiger partial charge in [-0.25, -0.2) is 19.5 Å². The Hall–Kier alpha value is -1.31. The Morgan fingerprint density at radius 1 is 1.33 bits per heavy atom. The van der Waals surface area contributed by atoms with Crippen LogP contribution in [0.4, 0.5) is 5.82 Å². The van der Waals surface area contributed by atoms with E-state index in [0.717, 1.165) is 12.2 Å². The van der Waals surface area contributed by atoms with E-state index in [1.165, 1.54) is 22.7 Å². The summed E-state index contributed by atoms with van der Waals surface area (Å²) in [5.74, 6) is 1.37. The Morgan fingerprint density at radius 3 is 2.70 bits per heavy atom. The Morgan fingerprint density at radius 2 is 2.07 bits per heavy atom. The fourth-order valence-electron chi connectivity index (χ4n) is 2.98. The molecule has 2 aromatic heterocycles. The molecule has 0 amide bonds. The van der Waals surface area contributed by atoms with Gasteiger partial charge < -0.3 is 30.1 Å². The van der Waals surface area contributed by atoms with Crippen molar-refractivity contribution in [2.45, 2.75) is 62.9 Å². The average Bonchev–Trinajstić information content (AvgIpc) is 3.19. The minimum atomic E-state index is -4.74. The third-order valence-electron chi connectivity index (χ3n) is 4.28. The van der Waals surface area contributed by atoms with Crippen molar-refractivity contribution >= 4 is 36.6 Å². The molecule has 14 heteroatoms. The summed E-state index contributed by atoms with van der Waals surface area (Å²) in [5, 5.41) is 24.5. The van der Waals surface area contributed by atoms with Crippen LogP contribution in [0.1, 0.15) is 33.4 Å². The van der Waals surface area contributed by atoms with Crippen LogP contribution in [-0.2, 0) is 13.8 Å². The molecule has 1 aliphatic rings. The largest absolute Gasteiger partial charge is 0.469 e. The van der Waals surface area contributed by atoms with Gasteiger partial charge in [-0.1, -0.05) is 18.7 Å². The number of aromatic nitrogens is 4. The van der Waals surface area contributed by atoms with E-state index in [4.69, 9.17) is 14.5 Å². The second kappa shape index (κ2) is 9.45. The predicted molar refractivity (Wildman–Crippen MR) is 109 cm³/mol. The molecule has 0 aromatic carbocycles. The maximum Gasteiger partial charge on any atom is 0.469 e. The maximum absolute atomic E-state index is 10.9. The molecule has 3 rings (SSSR count). The van der Waals surface area contributed by atoms with Crippen LogP contribution in [0.5, 0.6) is 0 Å². The second-order valence-corrected chi connectivity index (χ2v) is 9.46. The van der Waals surface area contributed by atoms with Gasteiger partial charge in [0.1, 0.15) is 18.3 Å². The molecule has 0 saturated carbocycles. The van der Waals surface area contributed by atoms with Gasteiger partial charge >= 0.3 is 7.82 Å². The molecular weight excluding hydrogens is 437 g/mol. The molecule has 1 aliphatic heterocycles. The van der Waals surface area contributed by atoms with E-state index in [2.05, 4.69) is 24.8 Å². The van der Waals surface area contributed by atoms with Gasteiger partial charge in [-0.15, -0.1) is 0 Å². The number of ether oxygens (including phenoxy) is 1. The highest BCUT2D eigenvalue weighted by molar-refractivity contribution is 7.99. The van der Waals surface area contributed by atoms with Crippen LogP contribution in [-0.4, -0.2) is 76.2 Å². The quantitative estimate of drug-likeness (QED) is 0.202. The van der Waals surface area contributed by atoms with Gasteiger partial charge in [-0.05, 0) is 20.3 Å². The van der Waals surface area contributed by atoms with E-state index in [1.807, 2.05) is 20.8 Å². The number of phosphoric acid groups is 1. The van der Waals surface area contributed by atoms with Gasteiger partial charge in [0, 0.05) is 11.8 Å². The van der Waals surface area contributed by atoms with Gasteiger partial charge in [-0.2, -0.15) is 0 Å². The Bertz CT molecular complexity index is 923. The van der Waals surface area contributed by atoms with Gasteiger partial charge in [0.05, 0.1) is 12.9 Å². The van der Waals surface area contributed by atoms with Crippen LogP contribution in [0.3, 0.4) is 0 Å². The molecule has 0 bridgehead atoms. The molecule has 5 N–H and O–H groups in total. The summed E-state index contributed by atoms with van der Waals surface area (Å²) >= 11 is 1.48. The Balaban J connectivity index is 1.94. The maximum atomic E-state index is 10.9. The number of nitrogens with one attached hydrogen (secondary N) is 1. The van der Waals surface area contributed by atoms with Gasteiger partial charge in [0.2, 0.25) is 0 Å². The van der Waals surface area contributed by atoms with Crippen molar-refractivity contribution < 1.29 is 33.8 Å². The van der Waals surface area contributed by atoms with Crippen molar-refractivity contribution in [2.24, 2.45) is 0 Å². The predicted octanol–water partition coefficient (Wildman–Crippen LogP) is 0.877.